The second-order valence-corrected chi connectivity index (χ2v) is 5.62. The molecule has 100 valence electrons. The van der Waals surface area contributed by atoms with Crippen molar-refractivity contribution >= 4 is 5.69 Å². The molecule has 0 aromatic heterocycles. The van der Waals surface area contributed by atoms with Crippen LogP contribution in [0, 0.1) is 0 Å². The average molecular weight is 253 g/mol. The number of hydrogen-bond donors (Lipinski definition) is 1. The molecule has 0 bridgehead atoms. The van der Waals surface area contributed by atoms with Crippen LogP contribution in [-0.4, -0.2) is 6.04 Å². The fraction of sp³-hybridized carbons (Fsp3) is 0.333. The molecule has 2 aromatic rings. The van der Waals surface area contributed by atoms with Crippen LogP contribution in [0.2, 0.25) is 0 Å². The third-order valence-corrected chi connectivity index (χ3v) is 3.22. The molecule has 1 heteroatoms. The van der Waals surface area contributed by atoms with Crippen molar-refractivity contribution in [2.45, 2.75) is 39.7 Å². The Kier molecular flexibility index (Phi) is 4.26. The molecule has 0 aliphatic carbocycles. The minimum Gasteiger partial charge on any atom is -0.383 e. The lowest BCUT2D eigenvalue weighted by molar-refractivity contribution is 0.847. The smallest absolute Gasteiger partial charge is 0.0377 e. The highest BCUT2D eigenvalue weighted by Gasteiger charge is 2.09. The Morgan fingerprint density at radius 3 is 2.05 bits per heavy atom. The maximum absolute atomic E-state index is 3.53. The number of benzene rings is 2. The molecule has 2 aromatic carbocycles. The quantitative estimate of drug-likeness (QED) is 0.780. The molecule has 0 radical (unpaired) electrons. The van der Waals surface area contributed by atoms with Gasteiger partial charge in [-0.05, 0) is 48.6 Å². The van der Waals surface area contributed by atoms with E-state index in [1.165, 1.54) is 22.4 Å². The Labute approximate surface area is 116 Å². The van der Waals surface area contributed by atoms with E-state index in [4.69, 9.17) is 0 Å². The number of anilines is 1. The summed E-state index contributed by atoms with van der Waals surface area (Å²) in [6.45, 7) is 8.84. The highest BCUT2D eigenvalue weighted by atomic mass is 14.9. The van der Waals surface area contributed by atoms with Crippen LogP contribution in [0.3, 0.4) is 0 Å². The SMILES string of the molecule is CC(C)Nc1ccc(-c2ccccc2)cc1C(C)C. The molecule has 19 heavy (non-hydrogen) atoms. The Morgan fingerprint density at radius 1 is 0.789 bits per heavy atom. The summed E-state index contributed by atoms with van der Waals surface area (Å²) in [4.78, 5) is 0. The van der Waals surface area contributed by atoms with Gasteiger partial charge in [0, 0.05) is 11.7 Å². The maximum Gasteiger partial charge on any atom is 0.0377 e. The van der Waals surface area contributed by atoms with Gasteiger partial charge in [-0.15, -0.1) is 0 Å². The first-order valence-electron chi connectivity index (χ1n) is 7.04. The molecule has 0 heterocycles. The lowest BCUT2D eigenvalue weighted by atomic mass is 9.95. The summed E-state index contributed by atoms with van der Waals surface area (Å²) in [5.74, 6) is 0.518. The van der Waals surface area contributed by atoms with Gasteiger partial charge >= 0.3 is 0 Å². The molecule has 0 spiro atoms. The van der Waals surface area contributed by atoms with Gasteiger partial charge in [-0.25, -0.2) is 0 Å². The van der Waals surface area contributed by atoms with Gasteiger partial charge in [-0.3, -0.25) is 0 Å². The molecule has 1 nitrogen and oxygen atoms in total. The van der Waals surface area contributed by atoms with Crippen LogP contribution in [0.4, 0.5) is 5.69 Å². The van der Waals surface area contributed by atoms with E-state index in [1.807, 2.05) is 0 Å². The van der Waals surface area contributed by atoms with Crippen LogP contribution in [0.25, 0.3) is 11.1 Å². The van der Waals surface area contributed by atoms with E-state index in [2.05, 4.69) is 81.5 Å². The first-order valence-corrected chi connectivity index (χ1v) is 7.04. The highest BCUT2D eigenvalue weighted by molar-refractivity contribution is 5.69. The Morgan fingerprint density at radius 2 is 1.47 bits per heavy atom. The minimum absolute atomic E-state index is 0.458. The Hall–Kier alpha value is -1.76. The molecular formula is C18H23N. The largest absolute Gasteiger partial charge is 0.383 e. The van der Waals surface area contributed by atoms with Crippen LogP contribution in [-0.2, 0) is 0 Å². The molecule has 0 fully saturated rings. The Balaban J connectivity index is 2.42. The van der Waals surface area contributed by atoms with E-state index in [1.54, 1.807) is 0 Å². The van der Waals surface area contributed by atoms with Crippen LogP contribution < -0.4 is 5.32 Å². The minimum atomic E-state index is 0.458. The van der Waals surface area contributed by atoms with E-state index in [-0.39, 0.29) is 0 Å². The lowest BCUT2D eigenvalue weighted by Crippen LogP contribution is -2.12. The molecule has 1 N–H and O–H groups in total. The predicted molar refractivity (Wildman–Crippen MR) is 84.7 cm³/mol. The lowest BCUT2D eigenvalue weighted by Gasteiger charge is -2.18. The average Bonchev–Trinajstić information content (AvgIpc) is 2.39. The summed E-state index contributed by atoms with van der Waals surface area (Å²) in [6.07, 6.45) is 0. The molecule has 0 unspecified atom stereocenters. The molecule has 2 rings (SSSR count). The van der Waals surface area contributed by atoms with Gasteiger partial charge in [0.2, 0.25) is 0 Å². The van der Waals surface area contributed by atoms with Crippen molar-refractivity contribution in [3.63, 3.8) is 0 Å². The zero-order chi connectivity index (χ0) is 13.8. The molecule has 0 saturated carbocycles. The van der Waals surface area contributed by atoms with Crippen molar-refractivity contribution < 1.29 is 0 Å². The van der Waals surface area contributed by atoms with E-state index >= 15 is 0 Å². The molecule has 0 aliphatic rings. The van der Waals surface area contributed by atoms with Gasteiger partial charge in [0.05, 0.1) is 0 Å². The molecular weight excluding hydrogens is 230 g/mol. The summed E-state index contributed by atoms with van der Waals surface area (Å²) in [5.41, 5.74) is 5.21. The topological polar surface area (TPSA) is 12.0 Å². The van der Waals surface area contributed by atoms with Crippen LogP contribution in [0.1, 0.15) is 39.2 Å². The van der Waals surface area contributed by atoms with E-state index in [9.17, 15) is 0 Å². The van der Waals surface area contributed by atoms with Crippen molar-refractivity contribution in [3.05, 3.63) is 54.1 Å². The van der Waals surface area contributed by atoms with Crippen LogP contribution in [0.15, 0.2) is 48.5 Å². The maximum atomic E-state index is 3.53. The van der Waals surface area contributed by atoms with E-state index < -0.39 is 0 Å². The molecule has 0 amide bonds. The van der Waals surface area contributed by atoms with Crippen molar-refractivity contribution in [3.8, 4) is 11.1 Å². The van der Waals surface area contributed by atoms with Crippen molar-refractivity contribution in [2.24, 2.45) is 0 Å². The van der Waals surface area contributed by atoms with Gasteiger partial charge in [0.15, 0.2) is 0 Å². The summed E-state index contributed by atoms with van der Waals surface area (Å²) >= 11 is 0. The summed E-state index contributed by atoms with van der Waals surface area (Å²) in [5, 5.41) is 3.53. The number of hydrogen-bond acceptors (Lipinski definition) is 1. The first-order chi connectivity index (χ1) is 9.08. The predicted octanol–water partition coefficient (Wildman–Crippen LogP) is 5.30. The van der Waals surface area contributed by atoms with Gasteiger partial charge in [-0.2, -0.15) is 0 Å². The second kappa shape index (κ2) is 5.92. The third-order valence-electron chi connectivity index (χ3n) is 3.22. The fourth-order valence-electron chi connectivity index (χ4n) is 2.29. The van der Waals surface area contributed by atoms with Crippen molar-refractivity contribution in [1.82, 2.24) is 0 Å². The van der Waals surface area contributed by atoms with Gasteiger partial charge < -0.3 is 5.32 Å². The zero-order valence-corrected chi connectivity index (χ0v) is 12.3. The second-order valence-electron chi connectivity index (χ2n) is 5.62. The summed E-state index contributed by atoms with van der Waals surface area (Å²) < 4.78 is 0. The number of rotatable bonds is 4. The molecule has 0 aliphatic heterocycles. The Bertz CT molecular complexity index is 527. The first kappa shape index (κ1) is 13.7. The highest BCUT2D eigenvalue weighted by Crippen LogP contribution is 2.30. The standard InChI is InChI=1S/C18H23N/c1-13(2)17-12-16(15-8-6-5-7-9-15)10-11-18(17)19-14(3)4/h5-14,19H,1-4H3. The summed E-state index contributed by atoms with van der Waals surface area (Å²) in [7, 11) is 0. The van der Waals surface area contributed by atoms with Crippen molar-refractivity contribution in [1.29, 1.82) is 0 Å². The van der Waals surface area contributed by atoms with Crippen LogP contribution in [0.5, 0.6) is 0 Å². The van der Waals surface area contributed by atoms with Gasteiger partial charge in [0.25, 0.3) is 0 Å². The summed E-state index contributed by atoms with van der Waals surface area (Å²) in [6, 6.07) is 17.7. The molecule has 0 atom stereocenters. The molecule has 0 saturated heterocycles. The third kappa shape index (κ3) is 3.37. The van der Waals surface area contributed by atoms with Crippen molar-refractivity contribution in [2.75, 3.05) is 5.32 Å². The fourth-order valence-corrected chi connectivity index (χ4v) is 2.29. The van der Waals surface area contributed by atoms with Gasteiger partial charge in [-0.1, -0.05) is 50.2 Å². The normalized spacial score (nSPS) is 11.1. The zero-order valence-electron chi connectivity index (χ0n) is 12.3. The van der Waals surface area contributed by atoms with Gasteiger partial charge in [0.1, 0.15) is 0 Å². The number of nitrogens with one attached hydrogen (secondary N) is 1. The van der Waals surface area contributed by atoms with E-state index in [0.717, 1.165) is 0 Å². The van der Waals surface area contributed by atoms with E-state index in [0.29, 0.717) is 12.0 Å². The van der Waals surface area contributed by atoms with Crippen LogP contribution >= 0.6 is 0 Å². The monoisotopic (exact) mass is 253 g/mol.